The predicted octanol–water partition coefficient (Wildman–Crippen LogP) is 7.39. The van der Waals surface area contributed by atoms with E-state index in [2.05, 4.69) is 11.4 Å². The maximum atomic E-state index is 12.2. The van der Waals surface area contributed by atoms with Crippen molar-refractivity contribution in [1.29, 1.82) is 0 Å². The number of hydrogen-bond acceptors (Lipinski definition) is 6. The summed E-state index contributed by atoms with van der Waals surface area (Å²) >= 11 is 0. The minimum absolute atomic E-state index is 0.217. The summed E-state index contributed by atoms with van der Waals surface area (Å²) < 4.78 is 25.8. The third-order valence-corrected chi connectivity index (χ3v) is 6.61. The second kappa shape index (κ2) is 24.4. The van der Waals surface area contributed by atoms with Gasteiger partial charge < -0.3 is 19.3 Å². The highest BCUT2D eigenvalue weighted by atomic mass is 31.2. The van der Waals surface area contributed by atoms with Gasteiger partial charge in [0.25, 0.3) is 0 Å². The molecule has 2 N–H and O–H groups in total. The highest BCUT2D eigenvalue weighted by Gasteiger charge is 2.22. The molecule has 8 nitrogen and oxygen atoms in total. The van der Waals surface area contributed by atoms with Crippen molar-refractivity contribution in [2.24, 2.45) is 0 Å². The highest BCUT2D eigenvalue weighted by Crippen LogP contribution is 2.35. The van der Waals surface area contributed by atoms with Crippen LogP contribution in [0.5, 0.6) is 0 Å². The van der Waals surface area contributed by atoms with Gasteiger partial charge in [0.2, 0.25) is 0 Å². The summed E-state index contributed by atoms with van der Waals surface area (Å²) in [6.45, 7) is 3.46. The number of phosphoric acid groups is 1. The van der Waals surface area contributed by atoms with Gasteiger partial charge in [0.15, 0.2) is 6.10 Å². The van der Waals surface area contributed by atoms with E-state index in [0.29, 0.717) is 12.8 Å². The Labute approximate surface area is 219 Å². The zero-order valence-electron chi connectivity index (χ0n) is 22.9. The summed E-state index contributed by atoms with van der Waals surface area (Å²) in [6.07, 6.45) is 20.6. The van der Waals surface area contributed by atoms with Crippen LogP contribution in [-0.2, 0) is 28.2 Å². The fourth-order valence-corrected chi connectivity index (χ4v) is 4.32. The Morgan fingerprint density at radius 3 is 1.47 bits per heavy atom. The molecule has 0 amide bonds. The van der Waals surface area contributed by atoms with Crippen molar-refractivity contribution >= 4 is 19.8 Å². The first-order valence-corrected chi connectivity index (χ1v) is 15.9. The van der Waals surface area contributed by atoms with Crippen molar-refractivity contribution in [2.75, 3.05) is 13.2 Å². The van der Waals surface area contributed by atoms with E-state index in [1.54, 1.807) is 0 Å². The number of hydrogen-bond donors (Lipinski definition) is 2. The molecule has 0 saturated heterocycles. The van der Waals surface area contributed by atoms with E-state index in [0.717, 1.165) is 25.7 Å². The molecular weight excluding hydrogens is 483 g/mol. The molecule has 0 aromatic rings. The Balaban J connectivity index is 3.87. The van der Waals surface area contributed by atoms with E-state index in [-0.39, 0.29) is 19.4 Å². The summed E-state index contributed by atoms with van der Waals surface area (Å²) in [5.41, 5.74) is 0. The van der Waals surface area contributed by atoms with Crippen LogP contribution in [0.15, 0.2) is 0 Å². The number of esters is 2. The molecule has 0 rings (SSSR count). The van der Waals surface area contributed by atoms with Crippen molar-refractivity contribution in [3.63, 3.8) is 0 Å². The van der Waals surface area contributed by atoms with E-state index in [9.17, 15) is 14.2 Å². The van der Waals surface area contributed by atoms with Gasteiger partial charge in [-0.3, -0.25) is 14.1 Å². The molecule has 36 heavy (non-hydrogen) atoms. The molecule has 0 aromatic heterocycles. The van der Waals surface area contributed by atoms with Crippen LogP contribution in [0.2, 0.25) is 0 Å². The van der Waals surface area contributed by atoms with E-state index in [1.807, 2.05) is 6.92 Å². The second-order valence-corrected chi connectivity index (χ2v) is 11.0. The number of unbranched alkanes of at least 4 members (excludes halogenated alkanes) is 16. The fraction of sp³-hybridized carbons (Fsp3) is 0.926. The molecule has 214 valence electrons. The first-order valence-electron chi connectivity index (χ1n) is 14.3. The molecule has 0 heterocycles. The lowest BCUT2D eigenvalue weighted by Crippen LogP contribution is -2.29. The van der Waals surface area contributed by atoms with E-state index < -0.39 is 32.5 Å². The number of ether oxygens (including phenoxy) is 2. The van der Waals surface area contributed by atoms with Crippen molar-refractivity contribution in [2.45, 2.75) is 148 Å². The van der Waals surface area contributed by atoms with Crippen molar-refractivity contribution in [1.82, 2.24) is 0 Å². The van der Waals surface area contributed by atoms with Crippen molar-refractivity contribution < 1.29 is 37.9 Å². The maximum absolute atomic E-state index is 12.2. The van der Waals surface area contributed by atoms with Gasteiger partial charge in [-0.05, 0) is 12.8 Å². The summed E-state index contributed by atoms with van der Waals surface area (Å²) in [6, 6.07) is 0. The zero-order chi connectivity index (χ0) is 26.9. The van der Waals surface area contributed by atoms with Crippen LogP contribution in [0.25, 0.3) is 0 Å². The van der Waals surface area contributed by atoms with Crippen LogP contribution < -0.4 is 0 Å². The largest absolute Gasteiger partial charge is 0.469 e. The van der Waals surface area contributed by atoms with E-state index >= 15 is 0 Å². The molecule has 1 atom stereocenters. The van der Waals surface area contributed by atoms with Gasteiger partial charge in [-0.25, -0.2) is 4.57 Å². The minimum Gasteiger partial charge on any atom is -0.462 e. The van der Waals surface area contributed by atoms with Crippen LogP contribution in [0, 0.1) is 0 Å². The Hall–Kier alpha value is -0.950. The van der Waals surface area contributed by atoms with Gasteiger partial charge >= 0.3 is 19.8 Å². The van der Waals surface area contributed by atoms with Crippen molar-refractivity contribution in [3.8, 4) is 0 Å². The first-order chi connectivity index (χ1) is 17.3. The Morgan fingerprint density at radius 2 is 1.00 bits per heavy atom. The predicted molar refractivity (Wildman–Crippen MR) is 143 cm³/mol. The topological polar surface area (TPSA) is 119 Å². The Bertz CT molecular complexity index is 578. The maximum Gasteiger partial charge on any atom is 0.469 e. The number of carbonyl (C=O) groups is 2. The average Bonchev–Trinajstić information content (AvgIpc) is 2.83. The number of phosphoric ester groups is 1. The van der Waals surface area contributed by atoms with Gasteiger partial charge in [-0.2, -0.15) is 0 Å². The summed E-state index contributed by atoms with van der Waals surface area (Å²) in [7, 11) is -4.72. The second-order valence-electron chi connectivity index (χ2n) is 9.74. The quantitative estimate of drug-likeness (QED) is 0.0667. The first kappa shape index (κ1) is 35.0. The van der Waals surface area contributed by atoms with Gasteiger partial charge in [0.05, 0.1) is 6.61 Å². The molecule has 0 saturated carbocycles. The summed E-state index contributed by atoms with van der Waals surface area (Å²) in [4.78, 5) is 41.8. The van der Waals surface area contributed by atoms with Crippen LogP contribution in [0.1, 0.15) is 142 Å². The molecule has 0 aliphatic heterocycles. The molecule has 0 aromatic carbocycles. The monoisotopic (exact) mass is 536 g/mol. The van der Waals surface area contributed by atoms with Crippen LogP contribution in [-0.4, -0.2) is 41.0 Å². The third kappa shape index (κ3) is 26.1. The van der Waals surface area contributed by atoms with Crippen LogP contribution >= 0.6 is 7.82 Å². The molecule has 0 bridgehead atoms. The molecule has 0 spiro atoms. The lowest BCUT2D eigenvalue weighted by atomic mass is 10.0. The summed E-state index contributed by atoms with van der Waals surface area (Å²) in [5, 5.41) is 0. The SMILES string of the molecule is CCCCCCCCCCCCCCCCCC(=O)OC(COC(=O)CCCCC)COP(=O)(O)O. The minimum atomic E-state index is -4.72. The number of carbonyl (C=O) groups excluding carboxylic acids is 2. The van der Waals surface area contributed by atoms with Gasteiger partial charge in [-0.15, -0.1) is 0 Å². The third-order valence-electron chi connectivity index (χ3n) is 6.13. The molecule has 0 aliphatic carbocycles. The van der Waals surface area contributed by atoms with E-state index in [1.165, 1.54) is 77.0 Å². The molecule has 0 aliphatic rings. The molecule has 9 heteroatoms. The number of rotatable bonds is 26. The summed E-state index contributed by atoms with van der Waals surface area (Å²) in [5.74, 6) is -0.908. The molecule has 0 radical (unpaired) electrons. The molecular formula is C27H53O8P. The zero-order valence-corrected chi connectivity index (χ0v) is 23.8. The van der Waals surface area contributed by atoms with Crippen molar-refractivity contribution in [3.05, 3.63) is 0 Å². The van der Waals surface area contributed by atoms with Gasteiger partial charge in [0, 0.05) is 12.8 Å². The Kier molecular flexibility index (Phi) is 23.7. The fourth-order valence-electron chi connectivity index (χ4n) is 3.96. The highest BCUT2D eigenvalue weighted by molar-refractivity contribution is 7.46. The lowest BCUT2D eigenvalue weighted by molar-refractivity contribution is -0.161. The smallest absolute Gasteiger partial charge is 0.462 e. The standard InChI is InChI=1S/C27H53O8P/c1-3-5-7-8-9-10-11-12-13-14-15-16-17-18-20-22-27(29)35-25(24-34-36(30,31)32)23-33-26(28)21-19-6-4-2/h25H,3-24H2,1-2H3,(H2,30,31,32). The van der Waals surface area contributed by atoms with E-state index in [4.69, 9.17) is 19.3 Å². The van der Waals surface area contributed by atoms with Crippen LogP contribution in [0.4, 0.5) is 0 Å². The van der Waals surface area contributed by atoms with Crippen LogP contribution in [0.3, 0.4) is 0 Å². The normalized spacial score (nSPS) is 12.4. The van der Waals surface area contributed by atoms with Gasteiger partial charge in [-0.1, -0.05) is 117 Å². The molecule has 0 fully saturated rings. The lowest BCUT2D eigenvalue weighted by Gasteiger charge is -2.18. The Morgan fingerprint density at radius 1 is 0.611 bits per heavy atom. The average molecular weight is 537 g/mol. The molecule has 1 unspecified atom stereocenters. The van der Waals surface area contributed by atoms with Gasteiger partial charge in [0.1, 0.15) is 6.61 Å².